The van der Waals surface area contributed by atoms with Gasteiger partial charge in [0.25, 0.3) is 0 Å². The summed E-state index contributed by atoms with van der Waals surface area (Å²) in [6, 6.07) is 4.82. The van der Waals surface area contributed by atoms with Crippen LogP contribution in [0, 0.1) is 0 Å². The number of ether oxygens (including phenoxy) is 1. The number of nitrogens with zero attached hydrogens (tertiary/aromatic N) is 1. The molecule has 1 atom stereocenters. The fraction of sp³-hybridized carbons (Fsp3) is 0.500. The number of likely N-dealkylation sites (N-methyl/N-ethyl adjacent to an activating group) is 1. The van der Waals surface area contributed by atoms with Gasteiger partial charge in [0, 0.05) is 30.6 Å². The summed E-state index contributed by atoms with van der Waals surface area (Å²) in [5.41, 5.74) is 0.760. The van der Waals surface area contributed by atoms with Crippen LogP contribution < -0.4 is 0 Å². The topological polar surface area (TPSA) is 46.6 Å². The Kier molecular flexibility index (Phi) is 6.26. The van der Waals surface area contributed by atoms with E-state index in [9.17, 15) is 8.42 Å². The SMILES string of the molecule is COCC(C)N(C)S(=O)(=O)c1cc(CCl)ccc1Br. The van der Waals surface area contributed by atoms with Crippen molar-refractivity contribution in [3.05, 3.63) is 28.2 Å². The molecule has 0 amide bonds. The van der Waals surface area contributed by atoms with Gasteiger partial charge >= 0.3 is 0 Å². The summed E-state index contributed by atoms with van der Waals surface area (Å²) in [6.07, 6.45) is 0. The van der Waals surface area contributed by atoms with E-state index in [-0.39, 0.29) is 16.8 Å². The fourth-order valence-electron chi connectivity index (χ4n) is 1.57. The van der Waals surface area contributed by atoms with Crippen molar-refractivity contribution in [1.82, 2.24) is 4.31 Å². The first kappa shape index (κ1) is 16.9. The molecule has 1 unspecified atom stereocenters. The first-order valence-electron chi connectivity index (χ1n) is 5.66. The summed E-state index contributed by atoms with van der Waals surface area (Å²) in [4.78, 5) is 0.219. The van der Waals surface area contributed by atoms with Gasteiger partial charge in [0.05, 0.1) is 11.5 Å². The van der Waals surface area contributed by atoms with Crippen LogP contribution in [0.15, 0.2) is 27.6 Å². The van der Waals surface area contributed by atoms with Crippen molar-refractivity contribution in [3.8, 4) is 0 Å². The fourth-order valence-corrected chi connectivity index (χ4v) is 4.05. The van der Waals surface area contributed by atoms with Gasteiger partial charge in [0.1, 0.15) is 0 Å². The highest BCUT2D eigenvalue weighted by Crippen LogP contribution is 2.27. The quantitative estimate of drug-likeness (QED) is 0.723. The number of alkyl halides is 1. The van der Waals surface area contributed by atoms with E-state index in [0.29, 0.717) is 11.1 Å². The van der Waals surface area contributed by atoms with Crippen molar-refractivity contribution in [3.63, 3.8) is 0 Å². The molecule has 0 spiro atoms. The van der Waals surface area contributed by atoms with Crippen LogP contribution in [-0.4, -0.2) is 39.5 Å². The molecule has 1 aromatic rings. The molecule has 0 fully saturated rings. The summed E-state index contributed by atoms with van der Waals surface area (Å²) in [5.74, 6) is 0.271. The van der Waals surface area contributed by atoms with Crippen molar-refractivity contribution in [2.24, 2.45) is 0 Å². The number of sulfonamides is 1. The van der Waals surface area contributed by atoms with Crippen LogP contribution in [0.1, 0.15) is 12.5 Å². The predicted molar refractivity (Wildman–Crippen MR) is 80.0 cm³/mol. The van der Waals surface area contributed by atoms with Gasteiger partial charge in [0.2, 0.25) is 10.0 Å². The lowest BCUT2D eigenvalue weighted by molar-refractivity contribution is 0.149. The molecular formula is C12H17BrClNO3S. The Morgan fingerprint density at radius 1 is 1.47 bits per heavy atom. The minimum atomic E-state index is -3.58. The molecule has 1 aromatic carbocycles. The summed E-state index contributed by atoms with van der Waals surface area (Å²) in [6.45, 7) is 2.13. The number of benzene rings is 1. The number of hydrogen-bond donors (Lipinski definition) is 0. The molecule has 4 nitrogen and oxygen atoms in total. The smallest absolute Gasteiger partial charge is 0.244 e. The standard InChI is InChI=1S/C12H17BrClNO3S/c1-9(8-18-3)15(2)19(16,17)12-6-10(7-14)4-5-11(12)13/h4-6,9H,7-8H2,1-3H3. The molecule has 0 aromatic heterocycles. The maximum atomic E-state index is 12.5. The number of halogens is 2. The van der Waals surface area contributed by atoms with Gasteiger partial charge in [-0.2, -0.15) is 4.31 Å². The number of hydrogen-bond acceptors (Lipinski definition) is 3. The van der Waals surface area contributed by atoms with E-state index in [1.54, 1.807) is 39.3 Å². The zero-order valence-electron chi connectivity index (χ0n) is 11.1. The molecule has 0 saturated carbocycles. The van der Waals surface area contributed by atoms with Gasteiger partial charge in [-0.3, -0.25) is 0 Å². The van der Waals surface area contributed by atoms with Gasteiger partial charge in [-0.05, 0) is 40.5 Å². The van der Waals surface area contributed by atoms with Crippen LogP contribution in [0.3, 0.4) is 0 Å². The van der Waals surface area contributed by atoms with E-state index in [2.05, 4.69) is 15.9 Å². The molecule has 0 saturated heterocycles. The van der Waals surface area contributed by atoms with Gasteiger partial charge in [-0.15, -0.1) is 11.6 Å². The maximum absolute atomic E-state index is 12.5. The van der Waals surface area contributed by atoms with Crippen LogP contribution in [0.25, 0.3) is 0 Å². The second-order valence-electron chi connectivity index (χ2n) is 4.22. The first-order chi connectivity index (χ1) is 8.84. The van der Waals surface area contributed by atoms with E-state index >= 15 is 0 Å². The van der Waals surface area contributed by atoms with Gasteiger partial charge < -0.3 is 4.74 Å². The lowest BCUT2D eigenvalue weighted by Gasteiger charge is -2.24. The Morgan fingerprint density at radius 3 is 2.63 bits per heavy atom. The molecule has 0 radical (unpaired) electrons. The van der Waals surface area contributed by atoms with E-state index < -0.39 is 10.0 Å². The number of methoxy groups -OCH3 is 1. The first-order valence-corrected chi connectivity index (χ1v) is 8.42. The predicted octanol–water partition coefficient (Wildman–Crippen LogP) is 2.84. The van der Waals surface area contributed by atoms with Crippen molar-refractivity contribution >= 4 is 37.6 Å². The molecule has 19 heavy (non-hydrogen) atoms. The van der Waals surface area contributed by atoms with Crippen molar-refractivity contribution in [2.75, 3.05) is 20.8 Å². The van der Waals surface area contributed by atoms with Crippen LogP contribution in [0.4, 0.5) is 0 Å². The normalized spacial score (nSPS) is 13.8. The zero-order chi connectivity index (χ0) is 14.6. The third-order valence-corrected chi connectivity index (χ3v) is 6.11. The molecule has 0 N–H and O–H groups in total. The Hall–Kier alpha value is -0.140. The molecular weight excluding hydrogens is 354 g/mol. The monoisotopic (exact) mass is 369 g/mol. The molecule has 108 valence electrons. The average molecular weight is 371 g/mol. The number of rotatable bonds is 6. The van der Waals surface area contributed by atoms with Gasteiger partial charge in [-0.1, -0.05) is 6.07 Å². The molecule has 1 rings (SSSR count). The molecule has 0 aliphatic rings. The maximum Gasteiger partial charge on any atom is 0.244 e. The van der Waals surface area contributed by atoms with Gasteiger partial charge in [0.15, 0.2) is 0 Å². The molecule has 7 heteroatoms. The highest BCUT2D eigenvalue weighted by Gasteiger charge is 2.27. The van der Waals surface area contributed by atoms with E-state index in [1.165, 1.54) is 4.31 Å². The van der Waals surface area contributed by atoms with Crippen molar-refractivity contribution in [2.45, 2.75) is 23.7 Å². The van der Waals surface area contributed by atoms with Crippen LogP contribution in [0.5, 0.6) is 0 Å². The highest BCUT2D eigenvalue weighted by molar-refractivity contribution is 9.10. The largest absolute Gasteiger partial charge is 0.383 e. The lowest BCUT2D eigenvalue weighted by Crippen LogP contribution is -2.37. The average Bonchev–Trinajstić information content (AvgIpc) is 2.38. The minimum absolute atomic E-state index is 0.219. The van der Waals surface area contributed by atoms with Crippen LogP contribution >= 0.6 is 27.5 Å². The Labute approximate surface area is 127 Å². The third-order valence-electron chi connectivity index (χ3n) is 2.84. The Balaban J connectivity index is 3.19. The second-order valence-corrected chi connectivity index (χ2v) is 7.31. The lowest BCUT2D eigenvalue weighted by atomic mass is 10.2. The van der Waals surface area contributed by atoms with Crippen molar-refractivity contribution < 1.29 is 13.2 Å². The highest BCUT2D eigenvalue weighted by atomic mass is 79.9. The summed E-state index contributed by atoms with van der Waals surface area (Å²) in [7, 11) is -0.493. The third kappa shape index (κ3) is 3.92. The minimum Gasteiger partial charge on any atom is -0.383 e. The van der Waals surface area contributed by atoms with E-state index in [1.807, 2.05) is 0 Å². The van der Waals surface area contributed by atoms with E-state index in [0.717, 1.165) is 5.56 Å². The summed E-state index contributed by atoms with van der Waals surface area (Å²) in [5, 5.41) is 0. The molecule has 0 aliphatic carbocycles. The van der Waals surface area contributed by atoms with Crippen molar-refractivity contribution in [1.29, 1.82) is 0 Å². The molecule has 0 aliphatic heterocycles. The molecule has 0 heterocycles. The van der Waals surface area contributed by atoms with Gasteiger partial charge in [-0.25, -0.2) is 8.42 Å². The second kappa shape index (κ2) is 7.04. The Morgan fingerprint density at radius 2 is 2.11 bits per heavy atom. The van der Waals surface area contributed by atoms with E-state index in [4.69, 9.17) is 16.3 Å². The van der Waals surface area contributed by atoms with Crippen LogP contribution in [-0.2, 0) is 20.6 Å². The summed E-state index contributed by atoms with van der Waals surface area (Å²) < 4.78 is 31.9. The molecule has 0 bridgehead atoms. The zero-order valence-corrected chi connectivity index (χ0v) is 14.2. The Bertz CT molecular complexity index is 536. The summed E-state index contributed by atoms with van der Waals surface area (Å²) >= 11 is 9.02. The van der Waals surface area contributed by atoms with Crippen LogP contribution in [0.2, 0.25) is 0 Å².